The Kier molecular flexibility index (Phi) is 6.09. The second kappa shape index (κ2) is 8.69. The van der Waals surface area contributed by atoms with E-state index < -0.39 is 0 Å². The average molecular weight is 355 g/mol. The van der Waals surface area contributed by atoms with Gasteiger partial charge in [-0.25, -0.2) is 10.9 Å². The second-order valence-corrected chi connectivity index (χ2v) is 6.16. The van der Waals surface area contributed by atoms with Gasteiger partial charge in [-0.3, -0.25) is 4.79 Å². The fourth-order valence-electron chi connectivity index (χ4n) is 3.06. The molecule has 1 saturated heterocycles. The van der Waals surface area contributed by atoms with Crippen LogP contribution in [0.25, 0.3) is 0 Å². The molecule has 1 fully saturated rings. The van der Waals surface area contributed by atoms with Gasteiger partial charge >= 0.3 is 0 Å². The number of hydrogen-bond acceptors (Lipinski definition) is 5. The Bertz CT molecular complexity index is 751. The number of nitrogens with one attached hydrogen (secondary N) is 3. The Labute approximate surface area is 153 Å². The van der Waals surface area contributed by atoms with Gasteiger partial charge < -0.3 is 14.8 Å². The van der Waals surface area contributed by atoms with Crippen LogP contribution in [-0.2, 0) is 11.3 Å². The summed E-state index contributed by atoms with van der Waals surface area (Å²) in [6, 6.07) is 15.4. The van der Waals surface area contributed by atoms with Crippen LogP contribution >= 0.6 is 0 Å². The number of amides is 1. The van der Waals surface area contributed by atoms with E-state index in [1.165, 1.54) is 0 Å². The van der Waals surface area contributed by atoms with Crippen LogP contribution in [0.5, 0.6) is 11.5 Å². The second-order valence-electron chi connectivity index (χ2n) is 6.16. The maximum Gasteiger partial charge on any atom is 0.238 e. The van der Waals surface area contributed by atoms with Gasteiger partial charge in [-0.05, 0) is 37.1 Å². The van der Waals surface area contributed by atoms with E-state index in [-0.39, 0.29) is 18.0 Å². The predicted molar refractivity (Wildman–Crippen MR) is 99.9 cm³/mol. The van der Waals surface area contributed by atoms with E-state index in [0.29, 0.717) is 19.6 Å². The minimum absolute atomic E-state index is 0.0332. The van der Waals surface area contributed by atoms with Crippen LogP contribution in [0.3, 0.4) is 0 Å². The summed E-state index contributed by atoms with van der Waals surface area (Å²) >= 11 is 0. The van der Waals surface area contributed by atoms with Gasteiger partial charge in [0.25, 0.3) is 0 Å². The fraction of sp³-hybridized carbons (Fsp3) is 0.350. The molecule has 0 aliphatic carbocycles. The molecular formula is C20H25N3O3. The molecule has 138 valence electrons. The van der Waals surface area contributed by atoms with Crippen molar-refractivity contribution in [3.8, 4) is 11.5 Å². The van der Waals surface area contributed by atoms with Gasteiger partial charge in [0, 0.05) is 18.2 Å². The number of hydrogen-bond donors (Lipinski definition) is 3. The molecule has 1 heterocycles. The van der Waals surface area contributed by atoms with Gasteiger partial charge in [-0.15, -0.1) is 0 Å². The molecule has 1 aliphatic rings. The van der Waals surface area contributed by atoms with Crippen molar-refractivity contribution in [1.82, 2.24) is 16.2 Å². The molecule has 0 aromatic heterocycles. The average Bonchev–Trinajstić information content (AvgIpc) is 3.18. The zero-order valence-corrected chi connectivity index (χ0v) is 15.1. The Morgan fingerprint density at radius 2 is 2.04 bits per heavy atom. The highest BCUT2D eigenvalue weighted by atomic mass is 16.5. The summed E-state index contributed by atoms with van der Waals surface area (Å²) in [6.07, 6.45) is 0.673. The molecule has 2 aromatic carbocycles. The highest BCUT2D eigenvalue weighted by molar-refractivity contribution is 5.82. The van der Waals surface area contributed by atoms with Gasteiger partial charge in [-0.2, -0.15) is 0 Å². The van der Waals surface area contributed by atoms with E-state index >= 15 is 0 Å². The standard InChI is InChI=1S/C20H25N3O3/c1-3-26-19-10-5-4-7-15(19)13-21-20(24)18-12-17(22-23-18)14-8-6-9-16(11-14)25-2/h4-11,17-18,22-23H,3,12-13H2,1-2H3,(H,21,24). The number of ether oxygens (including phenoxy) is 2. The zero-order chi connectivity index (χ0) is 18.4. The molecule has 0 saturated carbocycles. The number of carbonyl (C=O) groups is 1. The molecule has 2 atom stereocenters. The van der Waals surface area contributed by atoms with E-state index in [2.05, 4.69) is 16.2 Å². The number of rotatable bonds is 7. The Hall–Kier alpha value is -2.57. The highest BCUT2D eigenvalue weighted by Crippen LogP contribution is 2.25. The monoisotopic (exact) mass is 355 g/mol. The Morgan fingerprint density at radius 3 is 2.85 bits per heavy atom. The number of carbonyl (C=O) groups excluding carboxylic acids is 1. The van der Waals surface area contributed by atoms with Crippen LogP contribution in [0, 0.1) is 0 Å². The number of para-hydroxylation sites is 1. The molecule has 26 heavy (non-hydrogen) atoms. The van der Waals surface area contributed by atoms with Crippen LogP contribution in [0.15, 0.2) is 48.5 Å². The third-order valence-electron chi connectivity index (χ3n) is 4.44. The molecule has 2 aromatic rings. The third-order valence-corrected chi connectivity index (χ3v) is 4.44. The highest BCUT2D eigenvalue weighted by Gasteiger charge is 2.30. The van der Waals surface area contributed by atoms with E-state index in [9.17, 15) is 4.79 Å². The summed E-state index contributed by atoms with van der Waals surface area (Å²) in [4.78, 5) is 12.5. The van der Waals surface area contributed by atoms with Crippen LogP contribution in [0.2, 0.25) is 0 Å². The summed E-state index contributed by atoms with van der Waals surface area (Å²) in [7, 11) is 1.65. The van der Waals surface area contributed by atoms with E-state index in [4.69, 9.17) is 9.47 Å². The van der Waals surface area contributed by atoms with Crippen LogP contribution in [-0.4, -0.2) is 25.7 Å². The van der Waals surface area contributed by atoms with E-state index in [1.54, 1.807) is 7.11 Å². The first-order valence-corrected chi connectivity index (χ1v) is 8.84. The van der Waals surface area contributed by atoms with Gasteiger partial charge in [0.1, 0.15) is 17.5 Å². The molecule has 0 bridgehead atoms. The summed E-state index contributed by atoms with van der Waals surface area (Å²) in [5.74, 6) is 1.58. The molecular weight excluding hydrogens is 330 g/mol. The van der Waals surface area contributed by atoms with Gasteiger partial charge in [0.15, 0.2) is 0 Å². The van der Waals surface area contributed by atoms with Crippen molar-refractivity contribution >= 4 is 5.91 Å². The van der Waals surface area contributed by atoms with Crippen LogP contribution in [0.4, 0.5) is 0 Å². The first-order chi connectivity index (χ1) is 12.7. The Morgan fingerprint density at radius 1 is 1.19 bits per heavy atom. The number of benzene rings is 2. The fourth-order valence-corrected chi connectivity index (χ4v) is 3.06. The lowest BCUT2D eigenvalue weighted by atomic mass is 10.0. The summed E-state index contributed by atoms with van der Waals surface area (Å²) in [6.45, 7) is 2.99. The molecule has 1 aliphatic heterocycles. The van der Waals surface area contributed by atoms with Crippen molar-refractivity contribution in [3.63, 3.8) is 0 Å². The molecule has 6 heteroatoms. The predicted octanol–water partition coefficient (Wildman–Crippen LogP) is 2.32. The van der Waals surface area contributed by atoms with Crippen molar-refractivity contribution in [3.05, 3.63) is 59.7 Å². The first-order valence-electron chi connectivity index (χ1n) is 8.84. The lowest BCUT2D eigenvalue weighted by Gasteiger charge is -2.13. The van der Waals surface area contributed by atoms with Gasteiger partial charge in [-0.1, -0.05) is 30.3 Å². The lowest BCUT2D eigenvalue weighted by molar-refractivity contribution is -0.123. The number of methoxy groups -OCH3 is 1. The largest absolute Gasteiger partial charge is 0.497 e. The Balaban J connectivity index is 1.56. The van der Waals surface area contributed by atoms with Crippen LogP contribution in [0.1, 0.15) is 30.5 Å². The quantitative estimate of drug-likeness (QED) is 0.711. The molecule has 0 spiro atoms. The minimum atomic E-state index is -0.287. The normalized spacial score (nSPS) is 19.2. The summed E-state index contributed by atoms with van der Waals surface area (Å²) in [5, 5.41) is 2.99. The molecule has 6 nitrogen and oxygen atoms in total. The smallest absolute Gasteiger partial charge is 0.238 e. The van der Waals surface area contributed by atoms with Gasteiger partial charge in [0.2, 0.25) is 5.91 Å². The van der Waals surface area contributed by atoms with Crippen molar-refractivity contribution < 1.29 is 14.3 Å². The van der Waals surface area contributed by atoms with E-state index in [1.807, 2.05) is 55.5 Å². The molecule has 1 amide bonds. The van der Waals surface area contributed by atoms with Crippen molar-refractivity contribution in [1.29, 1.82) is 0 Å². The number of hydrazine groups is 1. The maximum absolute atomic E-state index is 12.5. The maximum atomic E-state index is 12.5. The van der Waals surface area contributed by atoms with Crippen molar-refractivity contribution in [2.24, 2.45) is 0 Å². The minimum Gasteiger partial charge on any atom is -0.497 e. The summed E-state index contributed by atoms with van der Waals surface area (Å²) < 4.78 is 10.9. The lowest BCUT2D eigenvalue weighted by Crippen LogP contribution is -2.42. The van der Waals surface area contributed by atoms with Crippen molar-refractivity contribution in [2.45, 2.75) is 32.0 Å². The summed E-state index contributed by atoms with van der Waals surface area (Å²) in [5.41, 5.74) is 8.34. The first kappa shape index (κ1) is 18.2. The van der Waals surface area contributed by atoms with E-state index in [0.717, 1.165) is 22.6 Å². The molecule has 0 radical (unpaired) electrons. The SMILES string of the molecule is CCOc1ccccc1CNC(=O)C1CC(c2cccc(OC)c2)NN1. The molecule has 2 unspecified atom stereocenters. The van der Waals surface area contributed by atoms with Crippen molar-refractivity contribution in [2.75, 3.05) is 13.7 Å². The zero-order valence-electron chi connectivity index (χ0n) is 15.1. The van der Waals surface area contributed by atoms with Crippen LogP contribution < -0.4 is 25.6 Å². The molecule has 3 rings (SSSR count). The van der Waals surface area contributed by atoms with Gasteiger partial charge in [0.05, 0.1) is 13.7 Å². The topological polar surface area (TPSA) is 71.6 Å². The molecule has 3 N–H and O–H groups in total. The third kappa shape index (κ3) is 4.33.